The highest BCUT2D eigenvalue weighted by molar-refractivity contribution is 5.58. The van der Waals surface area contributed by atoms with Gasteiger partial charge in [-0.3, -0.25) is 0 Å². The maximum atomic E-state index is 14.4. The lowest BCUT2D eigenvalue weighted by Crippen LogP contribution is -2.36. The van der Waals surface area contributed by atoms with Crippen LogP contribution in [0.2, 0.25) is 0 Å². The van der Waals surface area contributed by atoms with E-state index in [0.29, 0.717) is 106 Å². The number of aromatic nitrogens is 10. The van der Waals surface area contributed by atoms with Crippen molar-refractivity contribution in [2.24, 2.45) is 0 Å². The zero-order chi connectivity index (χ0) is 41.3. The molecule has 0 amide bonds. The van der Waals surface area contributed by atoms with Crippen molar-refractivity contribution in [3.8, 4) is 23.3 Å². The number of aliphatic hydroxyl groups excluding tert-OH is 2. The molecule has 10 rings (SSSR count). The first-order valence-corrected chi connectivity index (χ1v) is 20.2. The Hall–Kier alpha value is -6.40. The molecule has 4 atom stereocenters. The van der Waals surface area contributed by atoms with E-state index in [1.165, 1.54) is 18.2 Å². The van der Waals surface area contributed by atoms with Crippen molar-refractivity contribution in [3.05, 3.63) is 108 Å². The molecule has 2 N–H and O–H groups in total. The van der Waals surface area contributed by atoms with Gasteiger partial charge in [0.1, 0.15) is 23.3 Å². The smallest absolute Gasteiger partial charge is 0.216 e. The van der Waals surface area contributed by atoms with E-state index in [9.17, 15) is 19.0 Å². The Labute approximate surface area is 345 Å². The second-order valence-corrected chi connectivity index (χ2v) is 15.4. The van der Waals surface area contributed by atoms with E-state index < -0.39 is 5.95 Å². The van der Waals surface area contributed by atoms with Gasteiger partial charge in [0.05, 0.1) is 35.7 Å². The summed E-state index contributed by atoms with van der Waals surface area (Å²) in [7, 11) is 0. The number of fused-ring (bicyclic) bond motifs is 2. The number of nitrogens with zero attached hydrogens (tertiary/aromatic N) is 14. The van der Waals surface area contributed by atoms with Crippen LogP contribution in [-0.2, 0) is 12.8 Å². The van der Waals surface area contributed by atoms with Crippen molar-refractivity contribution in [1.29, 1.82) is 0 Å². The van der Waals surface area contributed by atoms with Gasteiger partial charge in [0.15, 0.2) is 23.3 Å². The minimum absolute atomic E-state index is 0.0502. The fourth-order valence-corrected chi connectivity index (χ4v) is 8.30. The number of hydrogen-bond acceptors (Lipinski definition) is 16. The van der Waals surface area contributed by atoms with Crippen molar-refractivity contribution in [2.75, 3.05) is 58.9 Å². The van der Waals surface area contributed by atoms with Gasteiger partial charge in [-0.2, -0.15) is 4.39 Å². The van der Waals surface area contributed by atoms with Crippen LogP contribution in [0, 0.1) is 11.8 Å². The van der Waals surface area contributed by atoms with Gasteiger partial charge in [-0.25, -0.2) is 54.2 Å². The Morgan fingerprint density at radius 3 is 1.57 bits per heavy atom. The molecule has 4 aliphatic heterocycles. The maximum Gasteiger partial charge on any atom is 0.216 e. The van der Waals surface area contributed by atoms with Gasteiger partial charge in [-0.1, -0.05) is 0 Å². The predicted octanol–water partition coefficient (Wildman–Crippen LogP) is 4.32. The summed E-state index contributed by atoms with van der Waals surface area (Å²) >= 11 is 0. The molecule has 0 radical (unpaired) electrons. The summed E-state index contributed by atoms with van der Waals surface area (Å²) in [6, 6.07) is 9.63. The minimum Gasteiger partial charge on any atom is -0.391 e. The summed E-state index contributed by atoms with van der Waals surface area (Å²) in [4.78, 5) is 52.1. The normalized spacial score (nSPS) is 21.0. The fourth-order valence-electron chi connectivity index (χ4n) is 8.30. The molecule has 0 spiro atoms. The molecule has 0 bridgehead atoms. The van der Waals surface area contributed by atoms with Crippen LogP contribution >= 0.6 is 0 Å². The molecular formula is C42H44F2N14O2. The van der Waals surface area contributed by atoms with Crippen molar-refractivity contribution in [2.45, 2.75) is 63.8 Å². The Morgan fingerprint density at radius 1 is 0.550 bits per heavy atom. The summed E-state index contributed by atoms with van der Waals surface area (Å²) in [5.74, 6) is 2.89. The minimum atomic E-state index is -0.519. The summed E-state index contributed by atoms with van der Waals surface area (Å²) < 4.78 is 28.7. The average molecular weight is 815 g/mol. The highest BCUT2D eigenvalue weighted by atomic mass is 19.1. The van der Waals surface area contributed by atoms with E-state index in [4.69, 9.17) is 4.98 Å². The number of anilines is 4. The third kappa shape index (κ3) is 8.11. The Balaban J connectivity index is 0.000000154. The van der Waals surface area contributed by atoms with Gasteiger partial charge >= 0.3 is 0 Å². The van der Waals surface area contributed by atoms with E-state index in [2.05, 4.69) is 54.7 Å². The lowest BCUT2D eigenvalue weighted by atomic mass is 9.99. The molecule has 2 saturated heterocycles. The van der Waals surface area contributed by atoms with Crippen molar-refractivity contribution in [3.63, 3.8) is 0 Å². The second kappa shape index (κ2) is 16.7. The van der Waals surface area contributed by atoms with E-state index in [1.54, 1.807) is 36.9 Å². The first-order chi connectivity index (χ1) is 29.2. The van der Waals surface area contributed by atoms with Crippen LogP contribution in [0.3, 0.4) is 0 Å². The molecule has 0 aromatic carbocycles. The van der Waals surface area contributed by atoms with Crippen LogP contribution < -0.4 is 19.6 Å². The van der Waals surface area contributed by atoms with Crippen LogP contribution in [0.5, 0.6) is 0 Å². The first-order valence-electron chi connectivity index (χ1n) is 20.2. The zero-order valence-electron chi connectivity index (χ0n) is 33.2. The molecule has 4 aliphatic rings. The van der Waals surface area contributed by atoms with E-state index >= 15 is 0 Å². The standard InChI is InChI=1S/2C21H22FN7O/c1-13-16-11-25-21(20-23-5-2-6-24-20)26-17(16)4-8-29(13)19-10-14(9-18(22)27-19)28-7-3-15(30)12-28;1-13-16-11-25-21(20-23-5-2-6-24-20)26-17(16)4-8-29(13)19-10-14(22)9-18(27-19)28-7-3-15(30)12-28/h2*2,5-6,9-11,13,15,30H,3-4,7-8,12H2,1H3. The van der Waals surface area contributed by atoms with Crippen LogP contribution in [0.15, 0.2) is 73.6 Å². The molecule has 308 valence electrons. The highest BCUT2D eigenvalue weighted by Gasteiger charge is 2.31. The molecule has 6 aromatic rings. The third-order valence-electron chi connectivity index (χ3n) is 11.5. The summed E-state index contributed by atoms with van der Waals surface area (Å²) in [5.41, 5.74) is 4.64. The number of β-amino-alcohol motifs (C(OH)–C–C–N with tert-alkyl or cyclic N) is 2. The number of aliphatic hydroxyl groups is 2. The number of hydrogen-bond donors (Lipinski definition) is 2. The zero-order valence-corrected chi connectivity index (χ0v) is 33.2. The third-order valence-corrected chi connectivity index (χ3v) is 11.5. The van der Waals surface area contributed by atoms with Crippen LogP contribution in [-0.4, -0.2) is 112 Å². The quantitative estimate of drug-likeness (QED) is 0.227. The Kier molecular flexibility index (Phi) is 10.9. The fraction of sp³-hybridized carbons (Fsp3) is 0.381. The van der Waals surface area contributed by atoms with Crippen molar-refractivity contribution >= 4 is 23.1 Å². The molecular weight excluding hydrogens is 771 g/mol. The van der Waals surface area contributed by atoms with E-state index in [-0.39, 0.29) is 30.1 Å². The van der Waals surface area contributed by atoms with Crippen LogP contribution in [0.25, 0.3) is 23.3 Å². The topological polar surface area (TPSA) is 182 Å². The summed E-state index contributed by atoms with van der Waals surface area (Å²) in [6.07, 6.45) is 12.3. The monoisotopic (exact) mass is 814 g/mol. The SMILES string of the molecule is CC1c2cnc(-c3ncccn3)nc2CCN1c1cc(F)cc(N2CCC(O)C2)n1.CC1c2cnc(-c3ncccn3)nc2CCN1c1cc(N2CCC(O)C2)cc(F)n1. The van der Waals surface area contributed by atoms with E-state index in [1.807, 2.05) is 42.1 Å². The summed E-state index contributed by atoms with van der Waals surface area (Å²) in [6.45, 7) is 7.80. The van der Waals surface area contributed by atoms with E-state index in [0.717, 1.165) is 28.2 Å². The number of rotatable bonds is 6. The van der Waals surface area contributed by atoms with Crippen molar-refractivity contribution < 1.29 is 19.0 Å². The molecule has 10 heterocycles. The van der Waals surface area contributed by atoms with Gasteiger partial charge in [-0.05, 0) is 38.8 Å². The molecule has 18 heteroatoms. The predicted molar refractivity (Wildman–Crippen MR) is 219 cm³/mol. The van der Waals surface area contributed by atoms with Crippen LogP contribution in [0.1, 0.15) is 61.3 Å². The molecule has 0 aliphatic carbocycles. The number of pyridine rings is 2. The maximum absolute atomic E-state index is 14.4. The highest BCUT2D eigenvalue weighted by Crippen LogP contribution is 2.36. The lowest BCUT2D eigenvalue weighted by molar-refractivity contribution is 0.198. The Morgan fingerprint density at radius 2 is 1.05 bits per heavy atom. The second-order valence-electron chi connectivity index (χ2n) is 15.4. The molecule has 60 heavy (non-hydrogen) atoms. The summed E-state index contributed by atoms with van der Waals surface area (Å²) in [5, 5.41) is 19.6. The molecule has 16 nitrogen and oxygen atoms in total. The molecule has 6 aromatic heterocycles. The van der Waals surface area contributed by atoms with Crippen LogP contribution in [0.4, 0.5) is 31.9 Å². The first kappa shape index (κ1) is 39.1. The van der Waals surface area contributed by atoms with Crippen molar-refractivity contribution in [1.82, 2.24) is 49.8 Å². The average Bonchev–Trinajstić information content (AvgIpc) is 3.92. The molecule has 0 saturated carbocycles. The number of halogens is 2. The molecule has 4 unspecified atom stereocenters. The van der Waals surface area contributed by atoms with Gasteiger partial charge in [0.2, 0.25) is 5.95 Å². The largest absolute Gasteiger partial charge is 0.391 e. The lowest BCUT2D eigenvalue weighted by Gasteiger charge is -2.36. The molecule has 2 fully saturated rings. The van der Waals surface area contributed by atoms with Gasteiger partial charge in [-0.15, -0.1) is 0 Å². The van der Waals surface area contributed by atoms with Gasteiger partial charge in [0, 0.05) is 130 Å². The Bertz CT molecular complexity index is 2300. The van der Waals surface area contributed by atoms with Gasteiger partial charge in [0.25, 0.3) is 0 Å². The van der Waals surface area contributed by atoms with Gasteiger partial charge < -0.3 is 29.8 Å².